The second-order valence-electron chi connectivity index (χ2n) is 6.16. The van der Waals surface area contributed by atoms with E-state index in [0.717, 1.165) is 25.7 Å². The molecule has 21 heavy (non-hydrogen) atoms. The van der Waals surface area contributed by atoms with Crippen LogP contribution in [0.5, 0.6) is 0 Å². The first-order valence-corrected chi connectivity index (χ1v) is 9.57. The largest absolute Gasteiger partial charge is 0.340 e. The van der Waals surface area contributed by atoms with Gasteiger partial charge in [-0.3, -0.25) is 4.79 Å². The number of hydrogen-bond acceptors (Lipinski definition) is 4. The van der Waals surface area contributed by atoms with Crippen molar-refractivity contribution in [1.29, 1.82) is 0 Å². The Balaban J connectivity index is 1.87. The lowest BCUT2D eigenvalue weighted by Gasteiger charge is -2.37. The summed E-state index contributed by atoms with van der Waals surface area (Å²) in [5.74, 6) is 0.392. The number of rotatable bonds is 4. The van der Waals surface area contributed by atoms with Crippen LogP contribution in [0.4, 0.5) is 0 Å². The van der Waals surface area contributed by atoms with Crippen molar-refractivity contribution in [2.45, 2.75) is 45.1 Å². The predicted molar refractivity (Wildman–Crippen MR) is 82.2 cm³/mol. The monoisotopic (exact) mass is 317 g/mol. The fraction of sp³-hybridized carbons (Fsp3) is 0.929. The first kappa shape index (κ1) is 16.7. The number of carbonyl (C=O) groups is 1. The normalized spacial score (nSPS) is 28.6. The van der Waals surface area contributed by atoms with Gasteiger partial charge in [0.2, 0.25) is 15.9 Å². The molecule has 122 valence electrons. The number of sulfonamides is 1. The van der Waals surface area contributed by atoms with Gasteiger partial charge in [-0.2, -0.15) is 4.31 Å². The lowest BCUT2D eigenvalue weighted by atomic mass is 9.85. The van der Waals surface area contributed by atoms with Gasteiger partial charge in [-0.25, -0.2) is 8.42 Å². The molecule has 0 bridgehead atoms. The van der Waals surface area contributed by atoms with Crippen LogP contribution in [0.1, 0.15) is 39.0 Å². The molecule has 2 aliphatic rings. The number of amides is 1. The van der Waals surface area contributed by atoms with Crippen LogP contribution in [-0.2, 0) is 14.8 Å². The van der Waals surface area contributed by atoms with E-state index < -0.39 is 10.0 Å². The number of nitrogens with two attached hydrogens (primary N) is 1. The summed E-state index contributed by atoms with van der Waals surface area (Å²) < 4.78 is 25.5. The average Bonchev–Trinajstić information content (AvgIpc) is 2.46. The van der Waals surface area contributed by atoms with Gasteiger partial charge in [-0.1, -0.05) is 13.3 Å². The smallest absolute Gasteiger partial charge is 0.225 e. The van der Waals surface area contributed by atoms with Gasteiger partial charge in [-0.15, -0.1) is 0 Å². The van der Waals surface area contributed by atoms with Crippen LogP contribution in [0.2, 0.25) is 0 Å². The number of nitrogens with zero attached hydrogens (tertiary/aromatic N) is 2. The summed E-state index contributed by atoms with van der Waals surface area (Å²) in [6.45, 7) is 3.73. The van der Waals surface area contributed by atoms with Gasteiger partial charge < -0.3 is 10.6 Å². The highest BCUT2D eigenvalue weighted by Crippen LogP contribution is 2.25. The zero-order valence-electron chi connectivity index (χ0n) is 12.8. The van der Waals surface area contributed by atoms with E-state index in [4.69, 9.17) is 5.73 Å². The highest BCUT2D eigenvalue weighted by atomic mass is 32.2. The van der Waals surface area contributed by atoms with Crippen molar-refractivity contribution in [1.82, 2.24) is 9.21 Å². The summed E-state index contributed by atoms with van der Waals surface area (Å²) in [6, 6.07) is 0.138. The van der Waals surface area contributed by atoms with E-state index in [-0.39, 0.29) is 23.6 Å². The van der Waals surface area contributed by atoms with E-state index in [1.807, 2.05) is 11.8 Å². The summed E-state index contributed by atoms with van der Waals surface area (Å²) in [5.41, 5.74) is 5.95. The van der Waals surface area contributed by atoms with Crippen molar-refractivity contribution >= 4 is 15.9 Å². The Morgan fingerprint density at radius 1 is 1.19 bits per heavy atom. The predicted octanol–water partition coefficient (Wildman–Crippen LogP) is 0.388. The Labute approximate surface area is 127 Å². The molecule has 0 aromatic rings. The van der Waals surface area contributed by atoms with Crippen LogP contribution in [0, 0.1) is 5.92 Å². The SMILES string of the molecule is CCCS(=O)(=O)N1CCN(C(=O)C2CCCC(N)C2)CC1. The zero-order valence-corrected chi connectivity index (χ0v) is 13.6. The first-order valence-electron chi connectivity index (χ1n) is 7.96. The van der Waals surface area contributed by atoms with Crippen molar-refractivity contribution in [3.8, 4) is 0 Å². The number of hydrogen-bond donors (Lipinski definition) is 1. The van der Waals surface area contributed by atoms with Gasteiger partial charge >= 0.3 is 0 Å². The molecule has 2 fully saturated rings. The molecule has 0 radical (unpaired) electrons. The van der Waals surface area contributed by atoms with Crippen molar-refractivity contribution in [3.63, 3.8) is 0 Å². The molecule has 1 heterocycles. The standard InChI is InChI=1S/C14H27N3O3S/c1-2-10-21(19,20)17-8-6-16(7-9-17)14(18)12-4-3-5-13(15)11-12/h12-13H,2-11,15H2,1H3. The molecule has 7 heteroatoms. The third-order valence-corrected chi connectivity index (χ3v) is 6.55. The summed E-state index contributed by atoms with van der Waals surface area (Å²) in [5, 5.41) is 0. The molecule has 0 aromatic carbocycles. The Morgan fingerprint density at radius 2 is 1.86 bits per heavy atom. The minimum Gasteiger partial charge on any atom is -0.340 e. The minimum atomic E-state index is -3.14. The second kappa shape index (κ2) is 7.07. The van der Waals surface area contributed by atoms with E-state index in [1.165, 1.54) is 4.31 Å². The van der Waals surface area contributed by atoms with Crippen molar-refractivity contribution in [2.75, 3.05) is 31.9 Å². The molecule has 0 aromatic heterocycles. The molecule has 6 nitrogen and oxygen atoms in total. The zero-order chi connectivity index (χ0) is 15.5. The van der Waals surface area contributed by atoms with E-state index in [2.05, 4.69) is 0 Å². The Morgan fingerprint density at radius 3 is 2.43 bits per heavy atom. The maximum absolute atomic E-state index is 12.5. The van der Waals surface area contributed by atoms with E-state index in [0.29, 0.717) is 32.6 Å². The highest BCUT2D eigenvalue weighted by molar-refractivity contribution is 7.89. The average molecular weight is 317 g/mol. The van der Waals surface area contributed by atoms with Gasteiger partial charge in [0.25, 0.3) is 0 Å². The maximum Gasteiger partial charge on any atom is 0.225 e. The Bertz CT molecular complexity index is 458. The molecule has 2 N–H and O–H groups in total. The third-order valence-electron chi connectivity index (χ3n) is 4.47. The summed E-state index contributed by atoms with van der Waals surface area (Å²) in [7, 11) is -3.14. The highest BCUT2D eigenvalue weighted by Gasteiger charge is 2.33. The molecule has 1 saturated heterocycles. The molecular formula is C14H27N3O3S. The lowest BCUT2D eigenvalue weighted by Crippen LogP contribution is -2.53. The summed E-state index contributed by atoms with van der Waals surface area (Å²) in [6.07, 6.45) is 4.34. The second-order valence-corrected chi connectivity index (χ2v) is 8.25. The molecule has 1 saturated carbocycles. The van der Waals surface area contributed by atoms with Crippen molar-refractivity contribution in [2.24, 2.45) is 11.7 Å². The number of carbonyl (C=O) groups excluding carboxylic acids is 1. The molecule has 2 atom stereocenters. The first-order chi connectivity index (χ1) is 9.94. The van der Waals surface area contributed by atoms with Crippen LogP contribution in [0.25, 0.3) is 0 Å². The molecule has 2 unspecified atom stereocenters. The van der Waals surface area contributed by atoms with Gasteiger partial charge in [0, 0.05) is 38.1 Å². The van der Waals surface area contributed by atoms with E-state index in [1.54, 1.807) is 0 Å². The minimum absolute atomic E-state index is 0.0348. The van der Waals surface area contributed by atoms with Crippen LogP contribution in [0.15, 0.2) is 0 Å². The summed E-state index contributed by atoms with van der Waals surface area (Å²) >= 11 is 0. The molecule has 2 rings (SSSR count). The summed E-state index contributed by atoms with van der Waals surface area (Å²) in [4.78, 5) is 14.3. The van der Waals surface area contributed by atoms with Crippen LogP contribution in [-0.4, -0.2) is 61.5 Å². The maximum atomic E-state index is 12.5. The van der Waals surface area contributed by atoms with Crippen molar-refractivity contribution in [3.05, 3.63) is 0 Å². The lowest BCUT2D eigenvalue weighted by molar-refractivity contribution is -0.137. The van der Waals surface area contributed by atoms with E-state index >= 15 is 0 Å². The van der Waals surface area contributed by atoms with Gasteiger partial charge in [0.1, 0.15) is 0 Å². The van der Waals surface area contributed by atoms with Crippen LogP contribution < -0.4 is 5.73 Å². The van der Waals surface area contributed by atoms with Crippen LogP contribution in [0.3, 0.4) is 0 Å². The van der Waals surface area contributed by atoms with E-state index in [9.17, 15) is 13.2 Å². The fourth-order valence-electron chi connectivity index (χ4n) is 3.28. The number of piperazine rings is 1. The quantitative estimate of drug-likeness (QED) is 0.813. The fourth-order valence-corrected chi connectivity index (χ4v) is 4.78. The molecular weight excluding hydrogens is 290 g/mol. The van der Waals surface area contributed by atoms with Crippen LogP contribution >= 0.6 is 0 Å². The molecule has 0 spiro atoms. The Hall–Kier alpha value is -0.660. The topological polar surface area (TPSA) is 83.7 Å². The van der Waals surface area contributed by atoms with Gasteiger partial charge in [-0.05, 0) is 25.7 Å². The molecule has 1 amide bonds. The molecule has 1 aliphatic heterocycles. The van der Waals surface area contributed by atoms with Gasteiger partial charge in [0.15, 0.2) is 0 Å². The third kappa shape index (κ3) is 4.17. The van der Waals surface area contributed by atoms with Gasteiger partial charge in [0.05, 0.1) is 5.75 Å². The van der Waals surface area contributed by atoms with Crippen molar-refractivity contribution < 1.29 is 13.2 Å². The Kier molecular flexibility index (Phi) is 5.62. The molecule has 1 aliphatic carbocycles.